The van der Waals surface area contributed by atoms with Crippen LogP contribution in [-0.4, -0.2) is 26.9 Å². The lowest BCUT2D eigenvalue weighted by Gasteiger charge is -2.34. The fourth-order valence-electron chi connectivity index (χ4n) is 2.75. The Labute approximate surface area is 147 Å². The van der Waals surface area contributed by atoms with E-state index in [2.05, 4.69) is 15.2 Å². The van der Waals surface area contributed by atoms with Crippen LogP contribution < -0.4 is 10.1 Å². The molecule has 138 valence electrons. The van der Waals surface area contributed by atoms with Gasteiger partial charge >= 0.3 is 6.36 Å². The number of benzene rings is 1. The number of alkyl halides is 3. The first kappa shape index (κ1) is 17.8. The Bertz CT molecular complexity index is 828. The van der Waals surface area contributed by atoms with Gasteiger partial charge in [0, 0.05) is 24.5 Å². The summed E-state index contributed by atoms with van der Waals surface area (Å²) in [6.45, 7) is 4.10. The number of amides is 1. The fraction of sp³-hybridized carbons (Fsp3) is 0.294. The van der Waals surface area contributed by atoms with E-state index < -0.39 is 12.7 Å². The minimum Gasteiger partial charge on any atom is -0.406 e. The highest BCUT2D eigenvalue weighted by molar-refractivity contribution is 5.88. The standard InChI is InChI=1S/C17H17F3N4O2/c1-11-9-12(2)24(22-11)16-21-15(25)7-8-23(16)10-13-3-5-14(6-4-13)26-17(18,19)20/h3-9,16H,10H2,1-2H3,(H,21,25). The Hall–Kier alpha value is -2.97. The van der Waals surface area contributed by atoms with Crippen molar-refractivity contribution in [1.29, 1.82) is 0 Å². The smallest absolute Gasteiger partial charge is 0.406 e. The molecule has 1 aliphatic heterocycles. The fourth-order valence-corrected chi connectivity index (χ4v) is 2.75. The van der Waals surface area contributed by atoms with Gasteiger partial charge in [0.1, 0.15) is 5.75 Å². The molecular formula is C17H17F3N4O2. The SMILES string of the molecule is Cc1cc(C)n(C2NC(=O)C=CN2Cc2ccc(OC(F)(F)F)cc2)n1. The third kappa shape index (κ3) is 4.16. The predicted octanol–water partition coefficient (Wildman–Crippen LogP) is 3.00. The monoisotopic (exact) mass is 366 g/mol. The molecular weight excluding hydrogens is 349 g/mol. The normalized spacial score (nSPS) is 17.3. The average Bonchev–Trinajstić information content (AvgIpc) is 2.88. The molecule has 0 radical (unpaired) electrons. The topological polar surface area (TPSA) is 59.4 Å². The summed E-state index contributed by atoms with van der Waals surface area (Å²) in [5, 5.41) is 7.22. The molecule has 0 saturated heterocycles. The number of rotatable bonds is 4. The summed E-state index contributed by atoms with van der Waals surface area (Å²) in [6, 6.07) is 7.50. The number of nitrogens with one attached hydrogen (secondary N) is 1. The summed E-state index contributed by atoms with van der Waals surface area (Å²) in [5.41, 5.74) is 2.45. The number of carbonyl (C=O) groups is 1. The molecule has 0 bridgehead atoms. The van der Waals surface area contributed by atoms with Gasteiger partial charge in [0.05, 0.1) is 5.69 Å². The van der Waals surface area contributed by atoms with Gasteiger partial charge in [-0.05, 0) is 37.6 Å². The largest absolute Gasteiger partial charge is 0.573 e. The van der Waals surface area contributed by atoms with Gasteiger partial charge in [-0.2, -0.15) is 5.10 Å². The molecule has 0 saturated carbocycles. The first-order valence-electron chi connectivity index (χ1n) is 7.83. The third-order valence-corrected chi connectivity index (χ3v) is 3.80. The molecule has 6 nitrogen and oxygen atoms in total. The molecule has 26 heavy (non-hydrogen) atoms. The Morgan fingerprint density at radius 2 is 1.92 bits per heavy atom. The quantitative estimate of drug-likeness (QED) is 0.904. The summed E-state index contributed by atoms with van der Waals surface area (Å²) < 4.78 is 42.3. The molecule has 1 N–H and O–H groups in total. The lowest BCUT2D eigenvalue weighted by Crippen LogP contribution is -2.45. The first-order valence-corrected chi connectivity index (χ1v) is 7.83. The van der Waals surface area contributed by atoms with Gasteiger partial charge in [-0.1, -0.05) is 12.1 Å². The zero-order valence-electron chi connectivity index (χ0n) is 14.1. The summed E-state index contributed by atoms with van der Waals surface area (Å²) in [7, 11) is 0. The van der Waals surface area contributed by atoms with Crippen LogP contribution in [0.2, 0.25) is 0 Å². The number of aromatic nitrogens is 2. The maximum atomic E-state index is 12.2. The number of nitrogens with zero attached hydrogens (tertiary/aromatic N) is 3. The molecule has 1 unspecified atom stereocenters. The Balaban J connectivity index is 1.79. The molecule has 2 aromatic rings. The lowest BCUT2D eigenvalue weighted by molar-refractivity contribution is -0.274. The second kappa shape index (κ2) is 6.74. The minimum absolute atomic E-state index is 0.243. The molecule has 0 aliphatic carbocycles. The van der Waals surface area contributed by atoms with Crippen molar-refractivity contribution in [1.82, 2.24) is 20.0 Å². The second-order valence-corrected chi connectivity index (χ2v) is 5.93. The van der Waals surface area contributed by atoms with Crippen molar-refractivity contribution >= 4 is 5.91 Å². The van der Waals surface area contributed by atoms with Crippen LogP contribution >= 0.6 is 0 Å². The molecule has 9 heteroatoms. The number of ether oxygens (including phenoxy) is 1. The van der Waals surface area contributed by atoms with Crippen molar-refractivity contribution in [3.63, 3.8) is 0 Å². The molecule has 2 heterocycles. The van der Waals surface area contributed by atoms with Crippen molar-refractivity contribution in [3.05, 3.63) is 59.6 Å². The Morgan fingerprint density at radius 3 is 2.50 bits per heavy atom. The van der Waals surface area contributed by atoms with Crippen LogP contribution in [0.15, 0.2) is 42.6 Å². The van der Waals surface area contributed by atoms with Crippen LogP contribution in [-0.2, 0) is 11.3 Å². The molecule has 1 aliphatic rings. The van der Waals surface area contributed by atoms with Crippen LogP contribution in [0.5, 0.6) is 5.75 Å². The zero-order chi connectivity index (χ0) is 18.9. The van der Waals surface area contributed by atoms with Crippen molar-refractivity contribution < 1.29 is 22.7 Å². The van der Waals surface area contributed by atoms with Gasteiger partial charge in [0.2, 0.25) is 12.2 Å². The Morgan fingerprint density at radius 1 is 1.23 bits per heavy atom. The van der Waals surface area contributed by atoms with E-state index in [-0.39, 0.29) is 11.7 Å². The van der Waals surface area contributed by atoms with Crippen LogP contribution in [0.25, 0.3) is 0 Å². The molecule has 1 aromatic carbocycles. The van der Waals surface area contributed by atoms with E-state index in [1.54, 1.807) is 23.0 Å². The summed E-state index contributed by atoms with van der Waals surface area (Å²) >= 11 is 0. The number of aryl methyl sites for hydroxylation is 2. The van der Waals surface area contributed by atoms with Gasteiger partial charge in [-0.3, -0.25) is 4.79 Å². The van der Waals surface area contributed by atoms with Crippen LogP contribution in [0.4, 0.5) is 13.2 Å². The van der Waals surface area contributed by atoms with Crippen molar-refractivity contribution in [2.75, 3.05) is 0 Å². The predicted molar refractivity (Wildman–Crippen MR) is 86.7 cm³/mol. The van der Waals surface area contributed by atoms with Gasteiger partial charge in [0.25, 0.3) is 0 Å². The van der Waals surface area contributed by atoms with Crippen LogP contribution in [0, 0.1) is 13.8 Å². The highest BCUT2D eigenvalue weighted by Crippen LogP contribution is 2.24. The van der Waals surface area contributed by atoms with Gasteiger partial charge < -0.3 is 15.0 Å². The van der Waals surface area contributed by atoms with E-state index in [0.29, 0.717) is 6.54 Å². The number of halogens is 3. The van der Waals surface area contributed by atoms with E-state index >= 15 is 0 Å². The molecule has 1 aromatic heterocycles. The minimum atomic E-state index is -4.72. The highest BCUT2D eigenvalue weighted by atomic mass is 19.4. The number of hydrogen-bond acceptors (Lipinski definition) is 4. The molecule has 0 spiro atoms. The van der Waals surface area contributed by atoms with E-state index in [1.807, 2.05) is 24.8 Å². The lowest BCUT2D eigenvalue weighted by atomic mass is 10.2. The van der Waals surface area contributed by atoms with Crippen LogP contribution in [0.3, 0.4) is 0 Å². The van der Waals surface area contributed by atoms with Crippen molar-refractivity contribution in [2.45, 2.75) is 33.0 Å². The molecule has 1 atom stereocenters. The highest BCUT2D eigenvalue weighted by Gasteiger charge is 2.31. The second-order valence-electron chi connectivity index (χ2n) is 5.93. The Kier molecular flexibility index (Phi) is 4.62. The average molecular weight is 366 g/mol. The molecule has 3 rings (SSSR count). The van der Waals surface area contributed by atoms with Gasteiger partial charge in [-0.15, -0.1) is 13.2 Å². The van der Waals surface area contributed by atoms with Gasteiger partial charge in [-0.25, -0.2) is 4.68 Å². The maximum absolute atomic E-state index is 12.2. The molecule has 1 amide bonds. The van der Waals surface area contributed by atoms with E-state index in [9.17, 15) is 18.0 Å². The van der Waals surface area contributed by atoms with E-state index in [0.717, 1.165) is 17.0 Å². The summed E-state index contributed by atoms with van der Waals surface area (Å²) in [5.74, 6) is -0.522. The zero-order valence-corrected chi connectivity index (χ0v) is 14.1. The first-order chi connectivity index (χ1) is 12.2. The van der Waals surface area contributed by atoms with Crippen molar-refractivity contribution in [3.8, 4) is 5.75 Å². The third-order valence-electron chi connectivity index (χ3n) is 3.80. The molecule has 0 fully saturated rings. The van der Waals surface area contributed by atoms with Crippen LogP contribution in [0.1, 0.15) is 23.2 Å². The van der Waals surface area contributed by atoms with E-state index in [4.69, 9.17) is 0 Å². The number of hydrogen-bond donors (Lipinski definition) is 1. The van der Waals surface area contributed by atoms with Crippen molar-refractivity contribution in [2.24, 2.45) is 0 Å². The number of carbonyl (C=O) groups excluding carboxylic acids is 1. The summed E-state index contributed by atoms with van der Waals surface area (Å²) in [4.78, 5) is 13.6. The summed E-state index contributed by atoms with van der Waals surface area (Å²) in [6.07, 6.45) is -2.21. The van der Waals surface area contributed by atoms with E-state index in [1.165, 1.54) is 18.2 Å². The maximum Gasteiger partial charge on any atom is 0.573 e. The van der Waals surface area contributed by atoms with Gasteiger partial charge in [0.15, 0.2) is 0 Å².